The lowest BCUT2D eigenvalue weighted by Gasteiger charge is -2.05. The molecule has 2 N–H and O–H groups in total. The molecule has 0 atom stereocenters. The van der Waals surface area contributed by atoms with E-state index in [9.17, 15) is 4.39 Å². The van der Waals surface area contributed by atoms with Crippen molar-refractivity contribution in [3.63, 3.8) is 0 Å². The van der Waals surface area contributed by atoms with Gasteiger partial charge in [0.15, 0.2) is 5.65 Å². The maximum Gasteiger partial charge on any atom is 0.155 e. The number of hydrogen-bond acceptors (Lipinski definition) is 4. The Morgan fingerprint density at radius 1 is 0.844 bits per heavy atom. The molecule has 32 heavy (non-hydrogen) atoms. The van der Waals surface area contributed by atoms with Crippen LogP contribution >= 0.6 is 0 Å². The third-order valence-corrected chi connectivity index (χ3v) is 5.58. The summed E-state index contributed by atoms with van der Waals surface area (Å²) >= 11 is 0. The minimum absolute atomic E-state index is 0.241. The zero-order chi connectivity index (χ0) is 21.7. The van der Waals surface area contributed by atoms with Crippen LogP contribution in [0.2, 0.25) is 0 Å². The van der Waals surface area contributed by atoms with E-state index in [1.165, 1.54) is 12.4 Å². The fraction of sp³-hybridized carbons (Fsp3) is 0.0400. The molecule has 0 fully saturated rings. The number of nitrogens with zero attached hydrogens (tertiary/aromatic N) is 4. The first-order valence-corrected chi connectivity index (χ1v) is 10.1. The van der Waals surface area contributed by atoms with Crippen LogP contribution in [0.4, 0.5) is 4.39 Å². The highest BCUT2D eigenvalue weighted by molar-refractivity contribution is 6.01. The van der Waals surface area contributed by atoms with Crippen LogP contribution in [0, 0.1) is 12.7 Å². The van der Waals surface area contributed by atoms with Gasteiger partial charge in [0.2, 0.25) is 0 Å². The summed E-state index contributed by atoms with van der Waals surface area (Å²) in [6.07, 6.45) is 6.79. The van der Waals surface area contributed by atoms with Gasteiger partial charge in [-0.1, -0.05) is 18.2 Å². The first-order chi connectivity index (χ1) is 15.7. The van der Waals surface area contributed by atoms with Gasteiger partial charge in [0, 0.05) is 46.0 Å². The average molecular weight is 420 g/mol. The van der Waals surface area contributed by atoms with Crippen molar-refractivity contribution in [3.05, 3.63) is 84.8 Å². The molecule has 0 amide bonds. The van der Waals surface area contributed by atoms with Gasteiger partial charge in [-0.2, -0.15) is 5.10 Å². The van der Waals surface area contributed by atoms with E-state index < -0.39 is 0 Å². The molecule has 0 saturated heterocycles. The van der Waals surface area contributed by atoms with E-state index in [2.05, 4.69) is 36.2 Å². The van der Waals surface area contributed by atoms with Crippen LogP contribution in [0.5, 0.6) is 0 Å². The van der Waals surface area contributed by atoms with Gasteiger partial charge in [0.25, 0.3) is 0 Å². The molecular formula is C25H17FN6. The van der Waals surface area contributed by atoms with Gasteiger partial charge >= 0.3 is 0 Å². The van der Waals surface area contributed by atoms with Crippen molar-refractivity contribution in [3.8, 4) is 33.6 Å². The number of aromatic nitrogens is 6. The number of nitrogens with one attached hydrogen (secondary N) is 2. The maximum atomic E-state index is 14.1. The molecule has 0 bridgehead atoms. The van der Waals surface area contributed by atoms with Gasteiger partial charge in [-0.15, -0.1) is 0 Å². The van der Waals surface area contributed by atoms with E-state index in [4.69, 9.17) is 0 Å². The highest BCUT2D eigenvalue weighted by Crippen LogP contribution is 2.35. The Hall–Kier alpha value is -4.39. The minimum Gasteiger partial charge on any atom is -0.353 e. The second-order valence-corrected chi connectivity index (χ2v) is 7.79. The summed E-state index contributed by atoms with van der Waals surface area (Å²) < 4.78 is 14.1. The first kappa shape index (κ1) is 18.4. The van der Waals surface area contributed by atoms with E-state index in [0.717, 1.165) is 55.5 Å². The number of aryl methyl sites for hydroxylation is 1. The molecule has 6 rings (SSSR count). The summed E-state index contributed by atoms with van der Waals surface area (Å²) in [4.78, 5) is 16.2. The molecule has 0 spiro atoms. The third-order valence-electron chi connectivity index (χ3n) is 5.58. The molecule has 154 valence electrons. The lowest BCUT2D eigenvalue weighted by molar-refractivity contribution is 0.627. The summed E-state index contributed by atoms with van der Waals surface area (Å²) in [5.41, 5.74) is 7.76. The van der Waals surface area contributed by atoms with E-state index in [-0.39, 0.29) is 5.82 Å². The predicted octanol–water partition coefficient (Wildman–Crippen LogP) is 5.68. The summed E-state index contributed by atoms with van der Waals surface area (Å²) in [6, 6.07) is 15.2. The molecule has 7 heteroatoms. The average Bonchev–Trinajstić information content (AvgIpc) is 3.42. The quantitative estimate of drug-likeness (QED) is 0.386. The maximum absolute atomic E-state index is 14.1. The standard InChI is InChI=1S/C25H17FN6/c1-14-5-15(7-18(26)6-14)19-3-2-4-22-20(19)9-23(30-22)24-21-8-16(12-29-25(21)32-31-24)17-10-27-13-28-11-17/h2-13,30H,1H3,(H,29,31,32). The number of fused-ring (bicyclic) bond motifs is 2. The Balaban J connectivity index is 1.52. The van der Waals surface area contributed by atoms with Gasteiger partial charge in [0.05, 0.1) is 5.69 Å². The lowest BCUT2D eigenvalue weighted by atomic mass is 9.99. The van der Waals surface area contributed by atoms with Crippen molar-refractivity contribution in [1.82, 2.24) is 30.1 Å². The van der Waals surface area contributed by atoms with E-state index in [0.29, 0.717) is 5.65 Å². The van der Waals surface area contributed by atoms with Gasteiger partial charge in [-0.25, -0.2) is 19.3 Å². The van der Waals surface area contributed by atoms with Crippen molar-refractivity contribution in [2.45, 2.75) is 6.92 Å². The van der Waals surface area contributed by atoms with Crippen molar-refractivity contribution >= 4 is 21.9 Å². The van der Waals surface area contributed by atoms with Gasteiger partial charge in [0.1, 0.15) is 17.8 Å². The molecule has 0 unspecified atom stereocenters. The number of benzene rings is 2. The van der Waals surface area contributed by atoms with Gasteiger partial charge in [-0.3, -0.25) is 5.10 Å². The number of pyridine rings is 1. The zero-order valence-corrected chi connectivity index (χ0v) is 17.1. The van der Waals surface area contributed by atoms with E-state index in [1.807, 2.05) is 37.3 Å². The molecule has 0 aliphatic rings. The fourth-order valence-corrected chi connectivity index (χ4v) is 4.14. The van der Waals surface area contributed by atoms with Crippen molar-refractivity contribution in [2.75, 3.05) is 0 Å². The van der Waals surface area contributed by atoms with Crippen LogP contribution in [0.3, 0.4) is 0 Å². The first-order valence-electron chi connectivity index (χ1n) is 10.1. The summed E-state index contributed by atoms with van der Waals surface area (Å²) in [7, 11) is 0. The van der Waals surface area contributed by atoms with Crippen molar-refractivity contribution in [1.29, 1.82) is 0 Å². The molecule has 0 saturated carbocycles. The van der Waals surface area contributed by atoms with Crippen LogP contribution in [-0.4, -0.2) is 30.1 Å². The molecule has 6 aromatic rings. The Labute approximate surface area is 182 Å². The smallest absolute Gasteiger partial charge is 0.155 e. The summed E-state index contributed by atoms with van der Waals surface area (Å²) in [5.74, 6) is -0.241. The molecule has 2 aromatic carbocycles. The van der Waals surface area contributed by atoms with Crippen LogP contribution in [-0.2, 0) is 0 Å². The van der Waals surface area contributed by atoms with Gasteiger partial charge < -0.3 is 4.98 Å². The topological polar surface area (TPSA) is 83.1 Å². The van der Waals surface area contributed by atoms with Crippen LogP contribution in [0.15, 0.2) is 73.4 Å². The Morgan fingerprint density at radius 2 is 1.72 bits per heavy atom. The molecule has 4 aromatic heterocycles. The molecule has 4 heterocycles. The van der Waals surface area contributed by atoms with E-state index >= 15 is 0 Å². The monoisotopic (exact) mass is 420 g/mol. The SMILES string of the molecule is Cc1cc(F)cc(-c2cccc3[nH]c(-c4n[nH]c5ncc(-c6cncnc6)cc45)cc23)c1. The third kappa shape index (κ3) is 3.02. The number of halogens is 1. The summed E-state index contributed by atoms with van der Waals surface area (Å²) in [5, 5.41) is 9.42. The van der Waals surface area contributed by atoms with Crippen LogP contribution in [0.25, 0.3) is 55.6 Å². The molecule has 0 radical (unpaired) electrons. The van der Waals surface area contributed by atoms with Crippen molar-refractivity contribution in [2.24, 2.45) is 0 Å². The predicted molar refractivity (Wildman–Crippen MR) is 122 cm³/mol. The van der Waals surface area contributed by atoms with Gasteiger partial charge in [-0.05, 0) is 53.9 Å². The van der Waals surface area contributed by atoms with Crippen LogP contribution in [0.1, 0.15) is 5.56 Å². The largest absolute Gasteiger partial charge is 0.353 e. The van der Waals surface area contributed by atoms with Crippen molar-refractivity contribution < 1.29 is 4.39 Å². The highest BCUT2D eigenvalue weighted by Gasteiger charge is 2.15. The molecule has 0 aliphatic carbocycles. The fourth-order valence-electron chi connectivity index (χ4n) is 4.14. The Morgan fingerprint density at radius 3 is 2.56 bits per heavy atom. The van der Waals surface area contributed by atoms with E-state index in [1.54, 1.807) is 24.7 Å². The lowest BCUT2D eigenvalue weighted by Crippen LogP contribution is -1.85. The minimum atomic E-state index is -0.241. The Bertz CT molecular complexity index is 1580. The highest BCUT2D eigenvalue weighted by atomic mass is 19.1. The molecule has 0 aliphatic heterocycles. The number of hydrogen-bond donors (Lipinski definition) is 2. The summed E-state index contributed by atoms with van der Waals surface area (Å²) in [6.45, 7) is 1.90. The zero-order valence-electron chi connectivity index (χ0n) is 17.1. The number of rotatable bonds is 3. The number of H-pyrrole nitrogens is 2. The second-order valence-electron chi connectivity index (χ2n) is 7.79. The van der Waals surface area contributed by atoms with Crippen LogP contribution < -0.4 is 0 Å². The number of aromatic amines is 2. The Kier molecular flexibility index (Phi) is 4.07. The molecular weight excluding hydrogens is 403 g/mol. The molecule has 6 nitrogen and oxygen atoms in total. The second kappa shape index (κ2) is 7.09. The normalized spacial score (nSPS) is 11.4.